The zero-order valence-electron chi connectivity index (χ0n) is 12.6. The third kappa shape index (κ3) is 4.27. The molecule has 1 atom stereocenters. The number of piperidine rings is 1. The lowest BCUT2D eigenvalue weighted by molar-refractivity contribution is -0.134. The van der Waals surface area contributed by atoms with E-state index in [1.807, 2.05) is 0 Å². The smallest absolute Gasteiger partial charge is 0.223 e. The van der Waals surface area contributed by atoms with Crippen molar-refractivity contribution in [2.75, 3.05) is 12.3 Å². The van der Waals surface area contributed by atoms with Crippen LogP contribution >= 0.6 is 11.8 Å². The molecule has 1 saturated heterocycles. The fourth-order valence-electron chi connectivity index (χ4n) is 2.79. The monoisotopic (exact) mass is 291 g/mol. The van der Waals surface area contributed by atoms with Crippen LogP contribution in [-0.2, 0) is 4.79 Å². The summed E-state index contributed by atoms with van der Waals surface area (Å²) in [6.07, 6.45) is 5.40. The summed E-state index contributed by atoms with van der Waals surface area (Å²) in [5.74, 6) is 1.23. The summed E-state index contributed by atoms with van der Waals surface area (Å²) in [5, 5.41) is 0. The molecular formula is C17H25NOS. The third-order valence-electron chi connectivity index (χ3n) is 4.02. The second kappa shape index (κ2) is 7.72. The van der Waals surface area contributed by atoms with Crippen molar-refractivity contribution in [1.82, 2.24) is 4.90 Å². The first-order valence-electron chi connectivity index (χ1n) is 7.69. The van der Waals surface area contributed by atoms with Crippen LogP contribution in [0.25, 0.3) is 0 Å². The molecule has 0 aliphatic carbocycles. The highest BCUT2D eigenvalue weighted by Crippen LogP contribution is 2.23. The van der Waals surface area contributed by atoms with Crippen LogP contribution in [0.3, 0.4) is 0 Å². The van der Waals surface area contributed by atoms with E-state index in [-0.39, 0.29) is 0 Å². The lowest BCUT2D eigenvalue weighted by atomic mass is 10.00. The summed E-state index contributed by atoms with van der Waals surface area (Å²) in [4.78, 5) is 15.7. The van der Waals surface area contributed by atoms with E-state index in [4.69, 9.17) is 0 Å². The Bertz CT molecular complexity index is 429. The van der Waals surface area contributed by atoms with Gasteiger partial charge in [-0.2, -0.15) is 0 Å². The lowest BCUT2D eigenvalue weighted by Gasteiger charge is -2.35. The molecule has 0 bridgehead atoms. The zero-order chi connectivity index (χ0) is 14.4. The first-order valence-corrected chi connectivity index (χ1v) is 8.68. The van der Waals surface area contributed by atoms with Gasteiger partial charge in [-0.3, -0.25) is 4.79 Å². The number of benzene rings is 1. The Labute approximate surface area is 126 Å². The quantitative estimate of drug-likeness (QED) is 0.755. The molecule has 3 heteroatoms. The van der Waals surface area contributed by atoms with Gasteiger partial charge in [-0.15, -0.1) is 11.8 Å². The molecule has 1 fully saturated rings. The number of aryl methyl sites for hydroxylation is 1. The second-order valence-corrected chi connectivity index (χ2v) is 6.72. The fourth-order valence-corrected chi connectivity index (χ4v) is 3.63. The summed E-state index contributed by atoms with van der Waals surface area (Å²) in [7, 11) is 0. The molecule has 1 aromatic carbocycles. The van der Waals surface area contributed by atoms with Crippen LogP contribution in [0, 0.1) is 6.92 Å². The first-order chi connectivity index (χ1) is 9.70. The van der Waals surface area contributed by atoms with Crippen LogP contribution < -0.4 is 0 Å². The predicted octanol–water partition coefficient (Wildman–Crippen LogP) is 4.27. The van der Waals surface area contributed by atoms with E-state index in [1.54, 1.807) is 11.8 Å². The van der Waals surface area contributed by atoms with Gasteiger partial charge >= 0.3 is 0 Å². The number of likely N-dealkylation sites (tertiary alicyclic amines) is 1. The van der Waals surface area contributed by atoms with Gasteiger partial charge in [0.2, 0.25) is 5.91 Å². The van der Waals surface area contributed by atoms with Crippen LogP contribution in [0.4, 0.5) is 0 Å². The van der Waals surface area contributed by atoms with Crippen molar-refractivity contribution in [3.63, 3.8) is 0 Å². The highest BCUT2D eigenvalue weighted by atomic mass is 32.2. The minimum Gasteiger partial charge on any atom is -0.340 e. The molecular weight excluding hydrogens is 266 g/mol. The van der Waals surface area contributed by atoms with Gasteiger partial charge in [0, 0.05) is 29.7 Å². The van der Waals surface area contributed by atoms with Crippen LogP contribution in [0.15, 0.2) is 29.2 Å². The maximum absolute atomic E-state index is 12.3. The Morgan fingerprint density at radius 1 is 1.30 bits per heavy atom. The summed E-state index contributed by atoms with van der Waals surface area (Å²) in [6.45, 7) is 5.25. The van der Waals surface area contributed by atoms with Gasteiger partial charge in [0.1, 0.15) is 0 Å². The van der Waals surface area contributed by atoms with Gasteiger partial charge in [-0.1, -0.05) is 24.6 Å². The molecule has 0 spiro atoms. The number of amides is 1. The van der Waals surface area contributed by atoms with Crippen LogP contribution in [0.5, 0.6) is 0 Å². The van der Waals surface area contributed by atoms with E-state index < -0.39 is 0 Å². The van der Waals surface area contributed by atoms with E-state index in [0.29, 0.717) is 18.4 Å². The summed E-state index contributed by atoms with van der Waals surface area (Å²) in [6, 6.07) is 9.02. The van der Waals surface area contributed by atoms with Crippen molar-refractivity contribution >= 4 is 17.7 Å². The predicted molar refractivity (Wildman–Crippen MR) is 86.2 cm³/mol. The summed E-state index contributed by atoms with van der Waals surface area (Å²) >= 11 is 1.78. The molecule has 0 radical (unpaired) electrons. The second-order valence-electron chi connectivity index (χ2n) is 5.56. The molecule has 1 aliphatic heterocycles. The summed E-state index contributed by atoms with van der Waals surface area (Å²) < 4.78 is 0. The van der Waals surface area contributed by atoms with E-state index in [1.165, 1.54) is 29.7 Å². The average molecular weight is 291 g/mol. The SMILES string of the molecule is CCC1CCCCN1C(=O)CCSc1ccc(C)cc1. The number of hydrogen-bond acceptors (Lipinski definition) is 2. The molecule has 20 heavy (non-hydrogen) atoms. The fraction of sp³-hybridized carbons (Fsp3) is 0.588. The summed E-state index contributed by atoms with van der Waals surface area (Å²) in [5.41, 5.74) is 1.28. The molecule has 1 aliphatic rings. The molecule has 2 rings (SSSR count). The van der Waals surface area contributed by atoms with Gasteiger partial charge in [0.15, 0.2) is 0 Å². The van der Waals surface area contributed by atoms with Gasteiger partial charge in [-0.25, -0.2) is 0 Å². The Kier molecular flexibility index (Phi) is 5.96. The van der Waals surface area contributed by atoms with E-state index in [0.717, 1.165) is 18.7 Å². The highest BCUT2D eigenvalue weighted by Gasteiger charge is 2.24. The topological polar surface area (TPSA) is 20.3 Å². The Balaban J connectivity index is 1.78. The van der Waals surface area contributed by atoms with Crippen molar-refractivity contribution in [3.8, 4) is 0 Å². The lowest BCUT2D eigenvalue weighted by Crippen LogP contribution is -2.43. The Hall–Kier alpha value is -0.960. The first kappa shape index (κ1) is 15.4. The number of carbonyl (C=O) groups is 1. The van der Waals surface area contributed by atoms with Gasteiger partial charge in [0.25, 0.3) is 0 Å². The number of nitrogens with zero attached hydrogens (tertiary/aromatic N) is 1. The molecule has 1 amide bonds. The van der Waals surface area contributed by atoms with Crippen LogP contribution in [0.1, 0.15) is 44.6 Å². The maximum Gasteiger partial charge on any atom is 0.223 e. The molecule has 0 saturated carbocycles. The number of rotatable bonds is 5. The van der Waals surface area contributed by atoms with Crippen molar-refractivity contribution in [2.24, 2.45) is 0 Å². The largest absolute Gasteiger partial charge is 0.340 e. The number of carbonyl (C=O) groups excluding carboxylic acids is 1. The molecule has 110 valence electrons. The zero-order valence-corrected chi connectivity index (χ0v) is 13.4. The minimum absolute atomic E-state index is 0.344. The van der Waals surface area contributed by atoms with Gasteiger partial charge in [0.05, 0.1) is 0 Å². The molecule has 1 heterocycles. The molecule has 1 aromatic rings. The van der Waals surface area contributed by atoms with E-state index >= 15 is 0 Å². The molecule has 0 N–H and O–H groups in total. The minimum atomic E-state index is 0.344. The van der Waals surface area contributed by atoms with E-state index in [9.17, 15) is 4.79 Å². The standard InChI is InChI=1S/C17H25NOS/c1-3-15-6-4-5-12-18(15)17(19)11-13-20-16-9-7-14(2)8-10-16/h7-10,15H,3-6,11-13H2,1-2H3. The Morgan fingerprint density at radius 2 is 2.05 bits per heavy atom. The van der Waals surface area contributed by atoms with Gasteiger partial charge < -0.3 is 4.90 Å². The van der Waals surface area contributed by atoms with Gasteiger partial charge in [-0.05, 0) is 44.7 Å². The normalized spacial score (nSPS) is 19.1. The maximum atomic E-state index is 12.3. The van der Waals surface area contributed by atoms with Crippen molar-refractivity contribution in [2.45, 2.75) is 56.9 Å². The van der Waals surface area contributed by atoms with E-state index in [2.05, 4.69) is 43.0 Å². The third-order valence-corrected chi connectivity index (χ3v) is 5.04. The van der Waals surface area contributed by atoms with Crippen molar-refractivity contribution in [1.29, 1.82) is 0 Å². The highest BCUT2D eigenvalue weighted by molar-refractivity contribution is 7.99. The average Bonchev–Trinajstić information content (AvgIpc) is 2.49. The molecule has 1 unspecified atom stereocenters. The Morgan fingerprint density at radius 3 is 2.75 bits per heavy atom. The van der Waals surface area contributed by atoms with Crippen LogP contribution in [0.2, 0.25) is 0 Å². The van der Waals surface area contributed by atoms with Crippen molar-refractivity contribution in [3.05, 3.63) is 29.8 Å². The number of hydrogen-bond donors (Lipinski definition) is 0. The number of thioether (sulfide) groups is 1. The molecule has 0 aromatic heterocycles. The molecule has 2 nitrogen and oxygen atoms in total. The van der Waals surface area contributed by atoms with Crippen molar-refractivity contribution < 1.29 is 4.79 Å². The van der Waals surface area contributed by atoms with Crippen LogP contribution in [-0.4, -0.2) is 29.1 Å².